The molecule has 1 aliphatic heterocycles. The summed E-state index contributed by atoms with van der Waals surface area (Å²) in [6.45, 7) is 3.20. The van der Waals surface area contributed by atoms with Crippen LogP contribution >= 0.6 is 15.9 Å². The second-order valence-electron chi connectivity index (χ2n) is 5.36. The van der Waals surface area contributed by atoms with E-state index in [0.29, 0.717) is 29.7 Å². The highest BCUT2D eigenvalue weighted by atomic mass is 79.9. The van der Waals surface area contributed by atoms with Gasteiger partial charge in [-0.05, 0) is 52.4 Å². The number of methoxy groups -OCH3 is 1. The van der Waals surface area contributed by atoms with Crippen molar-refractivity contribution in [3.8, 4) is 0 Å². The van der Waals surface area contributed by atoms with Gasteiger partial charge in [0.25, 0.3) is 0 Å². The average Bonchev–Trinajstić information content (AvgIpc) is 2.91. The van der Waals surface area contributed by atoms with Crippen molar-refractivity contribution in [2.45, 2.75) is 24.8 Å². The molecular weight excluding hydrogens is 358 g/mol. The van der Waals surface area contributed by atoms with Gasteiger partial charge in [-0.25, -0.2) is 8.42 Å². The molecule has 1 aromatic rings. The summed E-state index contributed by atoms with van der Waals surface area (Å²) >= 11 is 3.36. The Labute approximate surface area is 134 Å². The third-order valence-electron chi connectivity index (χ3n) is 3.73. The summed E-state index contributed by atoms with van der Waals surface area (Å²) in [5, 5.41) is 9.28. The van der Waals surface area contributed by atoms with Gasteiger partial charge in [0.2, 0.25) is 10.0 Å². The minimum absolute atomic E-state index is 0.178. The number of rotatable bonds is 5. The molecule has 1 heterocycles. The zero-order chi connectivity index (χ0) is 15.6. The Kier molecular flexibility index (Phi) is 5.43. The number of aliphatic hydroxyl groups excluding tert-OH is 1. The molecule has 0 aliphatic carbocycles. The number of halogens is 1. The summed E-state index contributed by atoms with van der Waals surface area (Å²) in [5.41, 5.74) is 1.40. The number of nitrogens with zero attached hydrogens (tertiary/aromatic N) is 1. The summed E-state index contributed by atoms with van der Waals surface area (Å²) in [6, 6.07) is 3.32. The maximum atomic E-state index is 12.8. The van der Waals surface area contributed by atoms with Crippen molar-refractivity contribution in [1.29, 1.82) is 0 Å². The van der Waals surface area contributed by atoms with Crippen LogP contribution in [-0.4, -0.2) is 44.6 Å². The molecule has 21 heavy (non-hydrogen) atoms. The average molecular weight is 378 g/mol. The van der Waals surface area contributed by atoms with Crippen molar-refractivity contribution in [3.63, 3.8) is 0 Å². The van der Waals surface area contributed by atoms with Crippen LogP contribution in [0, 0.1) is 12.8 Å². The molecule has 1 fully saturated rings. The predicted molar refractivity (Wildman–Crippen MR) is 83.5 cm³/mol. The molecule has 118 valence electrons. The van der Waals surface area contributed by atoms with Gasteiger partial charge >= 0.3 is 0 Å². The molecule has 1 unspecified atom stereocenters. The van der Waals surface area contributed by atoms with E-state index in [1.54, 1.807) is 13.2 Å². The van der Waals surface area contributed by atoms with Crippen LogP contribution in [0.4, 0.5) is 0 Å². The van der Waals surface area contributed by atoms with E-state index in [1.807, 2.05) is 6.92 Å². The molecule has 1 aromatic carbocycles. The Balaban J connectivity index is 2.34. The lowest BCUT2D eigenvalue weighted by atomic mass is 10.1. The van der Waals surface area contributed by atoms with E-state index in [2.05, 4.69) is 15.9 Å². The van der Waals surface area contributed by atoms with Crippen molar-refractivity contribution in [1.82, 2.24) is 4.31 Å². The Morgan fingerprint density at radius 3 is 2.81 bits per heavy atom. The smallest absolute Gasteiger partial charge is 0.244 e. The molecular formula is C14H20BrNO4S. The summed E-state index contributed by atoms with van der Waals surface area (Å²) in [7, 11) is -1.93. The minimum Gasteiger partial charge on any atom is -0.392 e. The van der Waals surface area contributed by atoms with Gasteiger partial charge in [-0.2, -0.15) is 4.31 Å². The molecule has 7 heteroatoms. The van der Waals surface area contributed by atoms with Gasteiger partial charge in [0.15, 0.2) is 0 Å². The number of hydrogen-bond donors (Lipinski definition) is 1. The summed E-state index contributed by atoms with van der Waals surface area (Å²) < 4.78 is 32.8. The first-order chi connectivity index (χ1) is 9.90. The minimum atomic E-state index is -3.56. The van der Waals surface area contributed by atoms with Gasteiger partial charge in [0, 0.05) is 24.7 Å². The lowest BCUT2D eigenvalue weighted by Gasteiger charge is -2.19. The molecule has 0 saturated carbocycles. The molecule has 0 radical (unpaired) electrons. The highest BCUT2D eigenvalue weighted by Crippen LogP contribution is 2.32. The van der Waals surface area contributed by atoms with Gasteiger partial charge in [-0.1, -0.05) is 6.07 Å². The van der Waals surface area contributed by atoms with E-state index in [4.69, 9.17) is 4.74 Å². The molecule has 0 bridgehead atoms. The molecule has 1 atom stereocenters. The topological polar surface area (TPSA) is 66.8 Å². The number of benzene rings is 1. The lowest BCUT2D eigenvalue weighted by Crippen LogP contribution is -2.30. The number of hydrogen-bond acceptors (Lipinski definition) is 4. The first-order valence-corrected chi connectivity index (χ1v) is 9.02. The zero-order valence-corrected chi connectivity index (χ0v) is 14.6. The fourth-order valence-electron chi connectivity index (χ4n) is 2.61. The van der Waals surface area contributed by atoms with E-state index < -0.39 is 10.0 Å². The van der Waals surface area contributed by atoms with E-state index in [-0.39, 0.29) is 17.4 Å². The number of aliphatic hydroxyl groups is 1. The van der Waals surface area contributed by atoms with Crippen molar-refractivity contribution < 1.29 is 18.3 Å². The zero-order valence-electron chi connectivity index (χ0n) is 12.2. The number of ether oxygens (including phenoxy) is 1. The third-order valence-corrected chi connectivity index (χ3v) is 6.94. The highest BCUT2D eigenvalue weighted by molar-refractivity contribution is 9.10. The van der Waals surface area contributed by atoms with E-state index in [0.717, 1.165) is 12.0 Å². The van der Waals surface area contributed by atoms with Gasteiger partial charge in [-0.3, -0.25) is 0 Å². The first-order valence-electron chi connectivity index (χ1n) is 6.79. The van der Waals surface area contributed by atoms with Gasteiger partial charge in [0.05, 0.1) is 18.1 Å². The van der Waals surface area contributed by atoms with Crippen LogP contribution in [0.3, 0.4) is 0 Å². The predicted octanol–water partition coefficient (Wildman–Crippen LogP) is 1.91. The van der Waals surface area contributed by atoms with Crippen molar-refractivity contribution in [3.05, 3.63) is 27.7 Å². The highest BCUT2D eigenvalue weighted by Gasteiger charge is 2.34. The number of aryl methyl sites for hydroxylation is 1. The molecule has 5 nitrogen and oxygen atoms in total. The molecule has 1 N–H and O–H groups in total. The SMILES string of the molecule is COCC1CCN(S(=O)(=O)c2cc(CO)cc(C)c2Br)C1. The van der Waals surface area contributed by atoms with Gasteiger partial charge in [-0.15, -0.1) is 0 Å². The number of sulfonamides is 1. The second-order valence-corrected chi connectivity index (χ2v) is 8.06. The molecule has 0 spiro atoms. The summed E-state index contributed by atoms with van der Waals surface area (Å²) in [5.74, 6) is 0.241. The van der Waals surface area contributed by atoms with Crippen LogP contribution in [-0.2, 0) is 21.4 Å². The Morgan fingerprint density at radius 2 is 2.19 bits per heavy atom. The van der Waals surface area contributed by atoms with Crippen molar-refractivity contribution in [2.75, 3.05) is 26.8 Å². The van der Waals surface area contributed by atoms with E-state index in [1.165, 1.54) is 10.4 Å². The largest absolute Gasteiger partial charge is 0.392 e. The Morgan fingerprint density at radius 1 is 1.48 bits per heavy atom. The van der Waals surface area contributed by atoms with Crippen molar-refractivity contribution in [2.24, 2.45) is 5.92 Å². The molecule has 2 rings (SSSR count). The molecule has 0 amide bonds. The summed E-state index contributed by atoms with van der Waals surface area (Å²) in [6.07, 6.45) is 0.809. The third kappa shape index (κ3) is 3.48. The van der Waals surface area contributed by atoms with Crippen LogP contribution in [0.25, 0.3) is 0 Å². The lowest BCUT2D eigenvalue weighted by molar-refractivity contribution is 0.157. The van der Waals surface area contributed by atoms with Crippen LogP contribution in [0.2, 0.25) is 0 Å². The first kappa shape index (κ1) is 16.9. The maximum Gasteiger partial charge on any atom is 0.244 e. The van der Waals surface area contributed by atoms with E-state index in [9.17, 15) is 13.5 Å². The fraction of sp³-hybridized carbons (Fsp3) is 0.571. The van der Waals surface area contributed by atoms with Crippen LogP contribution in [0.5, 0.6) is 0 Å². The van der Waals surface area contributed by atoms with Gasteiger partial charge in [0.1, 0.15) is 0 Å². The quantitative estimate of drug-likeness (QED) is 0.850. The van der Waals surface area contributed by atoms with Crippen LogP contribution in [0.1, 0.15) is 17.5 Å². The second kappa shape index (κ2) is 6.75. The monoisotopic (exact) mass is 377 g/mol. The fourth-order valence-corrected chi connectivity index (χ4v) is 5.18. The van der Waals surface area contributed by atoms with Crippen molar-refractivity contribution >= 4 is 26.0 Å². The molecule has 1 saturated heterocycles. The van der Waals surface area contributed by atoms with E-state index >= 15 is 0 Å². The van der Waals surface area contributed by atoms with Crippen LogP contribution < -0.4 is 0 Å². The molecule has 0 aromatic heterocycles. The summed E-state index contributed by atoms with van der Waals surface area (Å²) in [4.78, 5) is 0.226. The standard InChI is InChI=1S/C14H20BrNO4S/c1-10-5-12(8-17)6-13(14(10)15)21(18,19)16-4-3-11(7-16)9-20-2/h5-6,11,17H,3-4,7-9H2,1-2H3. The maximum absolute atomic E-state index is 12.8. The molecule has 1 aliphatic rings. The Bertz CT molecular complexity index is 618. The van der Waals surface area contributed by atoms with Crippen LogP contribution in [0.15, 0.2) is 21.5 Å². The van der Waals surface area contributed by atoms with Gasteiger partial charge < -0.3 is 9.84 Å². The normalized spacial score (nSPS) is 20.1. The Hall–Kier alpha value is -0.470.